The van der Waals surface area contributed by atoms with E-state index in [2.05, 4.69) is 59.4 Å². The van der Waals surface area contributed by atoms with Gasteiger partial charge in [-0.05, 0) is 72.6 Å². The van der Waals surface area contributed by atoms with Gasteiger partial charge in [-0.25, -0.2) is 4.79 Å². The highest BCUT2D eigenvalue weighted by Crippen LogP contribution is 2.43. The van der Waals surface area contributed by atoms with Crippen molar-refractivity contribution < 1.29 is 38.0 Å². The van der Waals surface area contributed by atoms with Gasteiger partial charge in [-0.1, -0.05) is 78.8 Å². The maximum Gasteiger partial charge on any atom is 0.410 e. The third-order valence-electron chi connectivity index (χ3n) is 11.0. The molecule has 0 aromatic heterocycles. The number of hydrogen-bond donors (Lipinski definition) is 1. The second-order valence-corrected chi connectivity index (χ2v) is 22.8. The van der Waals surface area contributed by atoms with Crippen LogP contribution in [0.25, 0.3) is 0 Å². The van der Waals surface area contributed by atoms with E-state index < -0.39 is 31.7 Å². The zero-order valence-electron chi connectivity index (χ0n) is 35.1. The van der Waals surface area contributed by atoms with Crippen molar-refractivity contribution in [1.29, 1.82) is 0 Å². The summed E-state index contributed by atoms with van der Waals surface area (Å²) in [6, 6.07) is 14.1. The number of anilines is 1. The fourth-order valence-corrected chi connectivity index (χ4v) is 13.8. The lowest BCUT2D eigenvalue weighted by molar-refractivity contribution is -0.154. The van der Waals surface area contributed by atoms with Gasteiger partial charge in [0.05, 0.1) is 38.6 Å². The molecule has 4 rings (SSSR count). The number of carbonyl (C=O) groups excluding carboxylic acids is 1. The van der Waals surface area contributed by atoms with Gasteiger partial charge in [0, 0.05) is 45.8 Å². The number of carbonyl (C=O) groups is 1. The summed E-state index contributed by atoms with van der Waals surface area (Å²) in [5.74, 6) is 1.13. The number of rotatable bonds is 18. The summed E-state index contributed by atoms with van der Waals surface area (Å²) in [6.07, 6.45) is 0.130. The number of ether oxygens (including phenoxy) is 5. The van der Waals surface area contributed by atoms with E-state index in [1.54, 1.807) is 12.0 Å². The summed E-state index contributed by atoms with van der Waals surface area (Å²) in [5.41, 5.74) is 3.48. The van der Waals surface area contributed by atoms with Crippen LogP contribution in [0.15, 0.2) is 42.5 Å². The molecule has 0 radical (unpaired) electrons. The molecular formula is C43H70N2O8Si. The molecule has 11 heteroatoms. The van der Waals surface area contributed by atoms with Crippen LogP contribution in [0.3, 0.4) is 0 Å². The smallest absolute Gasteiger partial charge is 0.410 e. The van der Waals surface area contributed by atoms with Crippen molar-refractivity contribution in [1.82, 2.24) is 4.90 Å². The van der Waals surface area contributed by atoms with Crippen LogP contribution < -0.4 is 9.64 Å². The minimum absolute atomic E-state index is 0.196. The molecule has 1 amide bonds. The molecule has 2 aliphatic rings. The maximum absolute atomic E-state index is 13.2. The Morgan fingerprint density at radius 3 is 2.24 bits per heavy atom. The molecule has 2 aliphatic heterocycles. The molecule has 304 valence electrons. The Morgan fingerprint density at radius 2 is 1.61 bits per heavy atom. The average molecular weight is 771 g/mol. The van der Waals surface area contributed by atoms with E-state index in [9.17, 15) is 9.90 Å². The highest BCUT2D eigenvalue weighted by Gasteiger charge is 2.46. The van der Waals surface area contributed by atoms with Gasteiger partial charge < -0.3 is 43.0 Å². The SMILES string of the molecule is COCCCN1CCOc2ccc(CO[C@H]3CN(C(=O)OC(C)(C)C)CC[C@]3(O)c3ccc(COCC(C)CO[Si](C(C)C)(C(C)C)C(C)C)cc3)cc21. The molecule has 1 unspecified atom stereocenters. The van der Waals surface area contributed by atoms with E-state index in [0.717, 1.165) is 47.6 Å². The Hall–Kier alpha value is -2.67. The zero-order chi connectivity index (χ0) is 39.7. The first-order valence-electron chi connectivity index (χ1n) is 20.1. The monoisotopic (exact) mass is 770 g/mol. The number of likely N-dealkylation sites (tertiary alicyclic amines) is 1. The third kappa shape index (κ3) is 11.2. The van der Waals surface area contributed by atoms with Crippen molar-refractivity contribution in [3.8, 4) is 5.75 Å². The normalized spacial score (nSPS) is 20.0. The summed E-state index contributed by atoms with van der Waals surface area (Å²) in [5, 5.41) is 12.4. The quantitative estimate of drug-likeness (QED) is 0.118. The Bertz CT molecular complexity index is 1440. The van der Waals surface area contributed by atoms with E-state index in [0.29, 0.717) is 62.6 Å². The lowest BCUT2D eigenvalue weighted by Crippen LogP contribution is -2.56. The summed E-state index contributed by atoms with van der Waals surface area (Å²) in [6.45, 7) is 27.3. The van der Waals surface area contributed by atoms with Crippen molar-refractivity contribution in [2.75, 3.05) is 64.6 Å². The minimum atomic E-state index is -1.92. The number of hydrogen-bond acceptors (Lipinski definition) is 9. The molecule has 10 nitrogen and oxygen atoms in total. The van der Waals surface area contributed by atoms with Crippen LogP contribution in [0.2, 0.25) is 16.6 Å². The summed E-state index contributed by atoms with van der Waals surface area (Å²) in [4.78, 5) is 17.1. The number of amides is 1. The first-order chi connectivity index (χ1) is 25.5. The molecule has 0 spiro atoms. The summed E-state index contributed by atoms with van der Waals surface area (Å²) in [7, 11) is -0.198. The van der Waals surface area contributed by atoms with Crippen molar-refractivity contribution >= 4 is 20.1 Å². The lowest BCUT2D eigenvalue weighted by Gasteiger charge is -2.44. The topological polar surface area (TPSA) is 99.2 Å². The number of benzene rings is 2. The van der Waals surface area contributed by atoms with Crippen LogP contribution in [-0.4, -0.2) is 95.8 Å². The van der Waals surface area contributed by atoms with Crippen LogP contribution in [0.1, 0.15) is 98.8 Å². The van der Waals surface area contributed by atoms with Crippen molar-refractivity contribution in [3.63, 3.8) is 0 Å². The Kier molecular flexibility index (Phi) is 15.9. The molecule has 1 N–H and O–H groups in total. The van der Waals surface area contributed by atoms with Crippen molar-refractivity contribution in [2.45, 2.75) is 129 Å². The molecule has 1 fully saturated rings. The number of nitrogens with zero attached hydrogens (tertiary/aromatic N) is 2. The first kappa shape index (κ1) is 44.0. The fraction of sp³-hybridized carbons (Fsp3) is 0.698. The molecule has 3 atom stereocenters. The van der Waals surface area contributed by atoms with E-state index >= 15 is 0 Å². The third-order valence-corrected chi connectivity index (χ3v) is 17.1. The predicted octanol–water partition coefficient (Wildman–Crippen LogP) is 8.68. The van der Waals surface area contributed by atoms with Gasteiger partial charge >= 0.3 is 6.09 Å². The number of methoxy groups -OCH3 is 1. The second kappa shape index (κ2) is 19.5. The van der Waals surface area contributed by atoms with E-state index in [1.165, 1.54) is 0 Å². The summed E-state index contributed by atoms with van der Waals surface area (Å²) < 4.78 is 36.5. The molecule has 2 aromatic rings. The molecule has 0 bridgehead atoms. The number of aliphatic hydroxyl groups is 1. The highest BCUT2D eigenvalue weighted by molar-refractivity contribution is 6.77. The fourth-order valence-electron chi connectivity index (χ4n) is 8.26. The molecular weight excluding hydrogens is 701 g/mol. The van der Waals surface area contributed by atoms with Gasteiger partial charge in [0.15, 0.2) is 8.32 Å². The first-order valence-corrected chi connectivity index (χ1v) is 22.3. The van der Waals surface area contributed by atoms with Crippen LogP contribution in [0.4, 0.5) is 10.5 Å². The number of fused-ring (bicyclic) bond motifs is 1. The van der Waals surface area contributed by atoms with Gasteiger partial charge in [0.1, 0.15) is 29.7 Å². The Balaban J connectivity index is 1.43. The van der Waals surface area contributed by atoms with Crippen LogP contribution in [0.5, 0.6) is 5.75 Å². The second-order valence-electron chi connectivity index (χ2n) is 17.3. The Labute approximate surface area is 326 Å². The zero-order valence-corrected chi connectivity index (χ0v) is 36.1. The van der Waals surface area contributed by atoms with Gasteiger partial charge in [-0.15, -0.1) is 0 Å². The average Bonchev–Trinajstić information content (AvgIpc) is 3.10. The largest absolute Gasteiger partial charge is 0.490 e. The van der Waals surface area contributed by atoms with Crippen LogP contribution in [-0.2, 0) is 42.2 Å². The lowest BCUT2D eigenvalue weighted by atomic mass is 9.81. The predicted molar refractivity (Wildman–Crippen MR) is 218 cm³/mol. The molecule has 2 heterocycles. The van der Waals surface area contributed by atoms with Gasteiger partial charge in [-0.3, -0.25) is 0 Å². The van der Waals surface area contributed by atoms with Crippen LogP contribution >= 0.6 is 0 Å². The van der Waals surface area contributed by atoms with E-state index in [-0.39, 0.29) is 19.1 Å². The molecule has 54 heavy (non-hydrogen) atoms. The molecule has 2 aromatic carbocycles. The summed E-state index contributed by atoms with van der Waals surface area (Å²) >= 11 is 0. The van der Waals surface area contributed by atoms with Crippen LogP contribution in [0, 0.1) is 5.92 Å². The van der Waals surface area contributed by atoms with Gasteiger partial charge in [0.25, 0.3) is 0 Å². The molecule has 1 saturated heterocycles. The molecule has 0 aliphatic carbocycles. The highest BCUT2D eigenvalue weighted by atomic mass is 28.4. The minimum Gasteiger partial charge on any atom is -0.490 e. The number of piperidine rings is 1. The maximum atomic E-state index is 13.2. The van der Waals surface area contributed by atoms with E-state index in [4.69, 9.17) is 28.1 Å². The standard InChI is InChI=1S/C43H70N2O8Si/c1-31(2)54(32(3)4,33(5)6)52-28-34(7)27-49-29-35-13-16-37(17-14-35)43(47)19-21-45(41(46)53-42(8,9)10)26-40(43)51-30-36-15-18-39-38(25-36)44(22-24-50-39)20-12-23-48-11/h13-18,25,31-34,40,47H,12,19-24,26-30H2,1-11H3/t34?,40-,43-/m0/s1. The molecule has 0 saturated carbocycles. The van der Waals surface area contributed by atoms with Gasteiger partial charge in [0.2, 0.25) is 0 Å². The Morgan fingerprint density at radius 1 is 0.944 bits per heavy atom. The van der Waals surface area contributed by atoms with Crippen molar-refractivity contribution in [2.24, 2.45) is 5.92 Å². The van der Waals surface area contributed by atoms with Crippen molar-refractivity contribution in [3.05, 3.63) is 59.2 Å². The van der Waals surface area contributed by atoms with E-state index in [1.807, 2.05) is 57.2 Å². The van der Waals surface area contributed by atoms with Gasteiger partial charge in [-0.2, -0.15) is 0 Å².